The molecule has 0 heterocycles. The molecule has 0 spiro atoms. The Morgan fingerprint density at radius 2 is 1.32 bits per heavy atom. The Morgan fingerprint density at radius 3 is 1.79 bits per heavy atom. The topological polar surface area (TPSA) is 82.1 Å². The smallest absolute Gasteiger partial charge is 0.326 e. The van der Waals surface area contributed by atoms with Crippen LogP contribution < -0.4 is 13.8 Å². The van der Waals surface area contributed by atoms with Gasteiger partial charge in [0.05, 0.1) is 30.4 Å². The zero-order chi connectivity index (χ0) is 20.6. The summed E-state index contributed by atoms with van der Waals surface area (Å²) in [6.07, 6.45) is 0. The molecule has 0 aliphatic rings. The van der Waals surface area contributed by atoms with Crippen LogP contribution >= 0.6 is 0 Å². The Labute approximate surface area is 165 Å². The normalized spacial score (nSPS) is 11.0. The van der Waals surface area contributed by atoms with Crippen molar-refractivity contribution < 1.29 is 27.4 Å². The van der Waals surface area contributed by atoms with E-state index < -0.39 is 22.5 Å². The minimum absolute atomic E-state index is 0.0501. The van der Waals surface area contributed by atoms with Crippen LogP contribution in [0.4, 0.5) is 5.69 Å². The second-order valence-electron chi connectivity index (χ2n) is 5.65. The Morgan fingerprint density at radius 1 is 0.821 bits per heavy atom. The quantitative estimate of drug-likeness (QED) is 0.563. The fraction of sp³-hybridized carbons (Fsp3) is 0.350. The number of sulfonamides is 1. The van der Waals surface area contributed by atoms with Gasteiger partial charge in [-0.3, -0.25) is 9.10 Å². The van der Waals surface area contributed by atoms with Gasteiger partial charge in [0, 0.05) is 0 Å². The van der Waals surface area contributed by atoms with E-state index in [4.69, 9.17) is 14.2 Å². The van der Waals surface area contributed by atoms with E-state index in [-0.39, 0.29) is 11.5 Å². The van der Waals surface area contributed by atoms with Gasteiger partial charge in [0.1, 0.15) is 18.0 Å². The standard InChI is InChI=1S/C20H25NO6S/c1-4-25-17-9-7-16(8-10-17)21(15-20(22)27-6-3)28(23,24)19-13-11-18(12-14-19)26-5-2/h7-14H,4-6,15H2,1-3H3. The fourth-order valence-electron chi connectivity index (χ4n) is 2.52. The van der Waals surface area contributed by atoms with Crippen LogP contribution in [-0.2, 0) is 19.6 Å². The van der Waals surface area contributed by atoms with Crippen LogP contribution in [0.25, 0.3) is 0 Å². The zero-order valence-corrected chi connectivity index (χ0v) is 17.1. The zero-order valence-electron chi connectivity index (χ0n) is 16.3. The predicted molar refractivity (Wildman–Crippen MR) is 106 cm³/mol. The van der Waals surface area contributed by atoms with Gasteiger partial charge in [0.2, 0.25) is 0 Å². The molecule has 8 heteroatoms. The summed E-state index contributed by atoms with van der Waals surface area (Å²) >= 11 is 0. The second-order valence-corrected chi connectivity index (χ2v) is 7.51. The first-order chi connectivity index (χ1) is 13.4. The van der Waals surface area contributed by atoms with Crippen molar-refractivity contribution in [1.82, 2.24) is 0 Å². The first kappa shape index (κ1) is 21.6. The van der Waals surface area contributed by atoms with Gasteiger partial charge >= 0.3 is 5.97 Å². The van der Waals surface area contributed by atoms with Gasteiger partial charge in [0.25, 0.3) is 10.0 Å². The van der Waals surface area contributed by atoms with Crippen LogP contribution in [0.3, 0.4) is 0 Å². The third kappa shape index (κ3) is 5.39. The minimum atomic E-state index is -3.99. The molecule has 0 fully saturated rings. The summed E-state index contributed by atoms with van der Waals surface area (Å²) in [5, 5.41) is 0. The van der Waals surface area contributed by atoms with Crippen molar-refractivity contribution >= 4 is 21.7 Å². The molecule has 0 radical (unpaired) electrons. The molecule has 0 aliphatic heterocycles. The van der Waals surface area contributed by atoms with Crippen molar-refractivity contribution in [1.29, 1.82) is 0 Å². The fourth-order valence-corrected chi connectivity index (χ4v) is 3.93. The van der Waals surface area contributed by atoms with Crippen molar-refractivity contribution in [2.75, 3.05) is 30.7 Å². The van der Waals surface area contributed by atoms with E-state index in [1.54, 1.807) is 43.3 Å². The number of anilines is 1. The summed E-state index contributed by atoms with van der Waals surface area (Å²) in [5.74, 6) is 0.547. The Kier molecular flexibility index (Phi) is 7.69. The third-order valence-corrected chi connectivity index (χ3v) is 5.52. The molecule has 2 aromatic carbocycles. The Hall–Kier alpha value is -2.74. The second kappa shape index (κ2) is 9.98. The Balaban J connectivity index is 2.39. The number of hydrogen-bond donors (Lipinski definition) is 0. The van der Waals surface area contributed by atoms with E-state index in [1.165, 1.54) is 12.1 Å². The van der Waals surface area contributed by atoms with Crippen molar-refractivity contribution in [3.8, 4) is 11.5 Å². The van der Waals surface area contributed by atoms with Crippen molar-refractivity contribution in [2.45, 2.75) is 25.7 Å². The summed E-state index contributed by atoms with van der Waals surface area (Å²) in [7, 11) is -3.99. The van der Waals surface area contributed by atoms with Crippen molar-refractivity contribution in [2.24, 2.45) is 0 Å². The monoisotopic (exact) mass is 407 g/mol. The van der Waals surface area contributed by atoms with Gasteiger partial charge in [-0.1, -0.05) is 0 Å². The average molecular weight is 407 g/mol. The summed E-state index contributed by atoms with van der Waals surface area (Å²) < 4.78 is 43.1. The number of nitrogens with zero attached hydrogens (tertiary/aromatic N) is 1. The van der Waals surface area contributed by atoms with E-state index in [2.05, 4.69) is 0 Å². The SMILES string of the molecule is CCOC(=O)CN(c1ccc(OCC)cc1)S(=O)(=O)c1ccc(OCC)cc1. The molecule has 0 aliphatic carbocycles. The number of carbonyl (C=O) groups excluding carboxylic acids is 1. The predicted octanol–water partition coefficient (Wildman–Crippen LogP) is 3.24. The van der Waals surface area contributed by atoms with Gasteiger partial charge in [0.15, 0.2) is 0 Å². The molecule has 28 heavy (non-hydrogen) atoms. The van der Waals surface area contributed by atoms with Crippen molar-refractivity contribution in [3.05, 3.63) is 48.5 Å². The number of benzene rings is 2. The molecule has 152 valence electrons. The molecule has 0 unspecified atom stereocenters. The molecule has 0 aromatic heterocycles. The average Bonchev–Trinajstić information content (AvgIpc) is 2.68. The molecular weight excluding hydrogens is 382 g/mol. The van der Waals surface area contributed by atoms with Crippen LogP contribution in [-0.4, -0.2) is 40.8 Å². The number of rotatable bonds is 10. The molecule has 0 atom stereocenters. The van der Waals surface area contributed by atoms with Crippen LogP contribution in [0.15, 0.2) is 53.4 Å². The highest BCUT2D eigenvalue weighted by Crippen LogP contribution is 2.27. The number of hydrogen-bond acceptors (Lipinski definition) is 6. The largest absolute Gasteiger partial charge is 0.494 e. The summed E-state index contributed by atoms with van der Waals surface area (Å²) in [6, 6.07) is 12.6. The lowest BCUT2D eigenvalue weighted by atomic mass is 10.3. The Bertz CT molecular complexity index is 863. The van der Waals surface area contributed by atoms with Crippen molar-refractivity contribution in [3.63, 3.8) is 0 Å². The molecule has 0 amide bonds. The summed E-state index contributed by atoms with van der Waals surface area (Å²) in [5.41, 5.74) is 0.338. The van der Waals surface area contributed by atoms with E-state index in [1.807, 2.05) is 13.8 Å². The van der Waals surface area contributed by atoms with E-state index >= 15 is 0 Å². The minimum Gasteiger partial charge on any atom is -0.494 e. The molecule has 2 aromatic rings. The van der Waals surface area contributed by atoms with E-state index in [0.29, 0.717) is 30.4 Å². The summed E-state index contributed by atoms with van der Waals surface area (Å²) in [4.78, 5) is 12.1. The third-order valence-electron chi connectivity index (χ3n) is 3.74. The van der Waals surface area contributed by atoms with E-state index in [0.717, 1.165) is 4.31 Å². The van der Waals surface area contributed by atoms with Gasteiger partial charge in [-0.25, -0.2) is 8.42 Å². The highest BCUT2D eigenvalue weighted by Gasteiger charge is 2.27. The van der Waals surface area contributed by atoms with Crippen LogP contribution in [0.5, 0.6) is 11.5 Å². The highest BCUT2D eigenvalue weighted by atomic mass is 32.2. The lowest BCUT2D eigenvalue weighted by Crippen LogP contribution is -2.36. The lowest BCUT2D eigenvalue weighted by Gasteiger charge is -2.24. The van der Waals surface area contributed by atoms with Crippen LogP contribution in [0.2, 0.25) is 0 Å². The number of esters is 1. The van der Waals surface area contributed by atoms with E-state index in [9.17, 15) is 13.2 Å². The maximum atomic E-state index is 13.2. The summed E-state index contributed by atoms with van der Waals surface area (Å²) in [6.45, 7) is 6.08. The molecule has 2 rings (SSSR count). The molecule has 0 saturated heterocycles. The lowest BCUT2D eigenvalue weighted by molar-refractivity contribution is -0.141. The van der Waals surface area contributed by atoms with Crippen LogP contribution in [0, 0.1) is 0 Å². The van der Waals surface area contributed by atoms with Gasteiger partial charge < -0.3 is 14.2 Å². The maximum absolute atomic E-state index is 13.2. The molecule has 0 bridgehead atoms. The first-order valence-corrected chi connectivity index (χ1v) is 10.5. The molecule has 0 N–H and O–H groups in total. The molecule has 7 nitrogen and oxygen atoms in total. The van der Waals surface area contributed by atoms with Gasteiger partial charge in [-0.15, -0.1) is 0 Å². The maximum Gasteiger partial charge on any atom is 0.326 e. The first-order valence-electron chi connectivity index (χ1n) is 9.06. The number of ether oxygens (including phenoxy) is 3. The van der Waals surface area contributed by atoms with Crippen LogP contribution in [0.1, 0.15) is 20.8 Å². The number of carbonyl (C=O) groups is 1. The highest BCUT2D eigenvalue weighted by molar-refractivity contribution is 7.92. The molecule has 0 saturated carbocycles. The van der Waals surface area contributed by atoms with Gasteiger partial charge in [-0.05, 0) is 69.3 Å². The molecular formula is C20H25NO6S. The van der Waals surface area contributed by atoms with Gasteiger partial charge in [-0.2, -0.15) is 0 Å².